The molecule has 0 aliphatic carbocycles. The van der Waals surface area contributed by atoms with Crippen molar-refractivity contribution in [2.75, 3.05) is 12.0 Å². The van der Waals surface area contributed by atoms with E-state index in [0.717, 1.165) is 0 Å². The van der Waals surface area contributed by atoms with Crippen LogP contribution < -0.4 is 9.64 Å². The molecule has 0 unspecified atom stereocenters. The number of nitrogens with zero attached hydrogens (tertiary/aromatic N) is 1. The van der Waals surface area contributed by atoms with Gasteiger partial charge in [-0.15, -0.1) is 0 Å². The lowest BCUT2D eigenvalue weighted by molar-refractivity contribution is -0.132. The normalized spacial score (nSPS) is 17.9. The topological polar surface area (TPSA) is 66.8 Å². The van der Waals surface area contributed by atoms with Gasteiger partial charge in [0.15, 0.2) is 0 Å². The van der Waals surface area contributed by atoms with Gasteiger partial charge in [0.1, 0.15) is 11.5 Å². The monoisotopic (exact) mass is 419 g/mol. The van der Waals surface area contributed by atoms with E-state index < -0.39 is 17.7 Å². The van der Waals surface area contributed by atoms with Crippen LogP contribution in [0.4, 0.5) is 5.69 Å². The molecule has 150 valence electrons. The van der Waals surface area contributed by atoms with Crippen LogP contribution in [0.2, 0.25) is 5.02 Å². The molecule has 0 bridgehead atoms. The number of aliphatic hydroxyl groups is 1. The first kappa shape index (κ1) is 19.7. The standard InChI is InChI=1S/C24H18ClNO4/c1-30-19-12-10-15(11-13-19)21-20(22(27)16-6-3-2-4-7-16)23(28)24(29)26(21)18-9-5-8-17(25)14-18/h2-14,21,27H,1H3/t21-/m0/s1. The van der Waals surface area contributed by atoms with E-state index in [4.69, 9.17) is 16.3 Å². The van der Waals surface area contributed by atoms with Gasteiger partial charge >= 0.3 is 0 Å². The number of hydrogen-bond donors (Lipinski definition) is 1. The van der Waals surface area contributed by atoms with Crippen molar-refractivity contribution in [1.29, 1.82) is 0 Å². The van der Waals surface area contributed by atoms with E-state index in [-0.39, 0.29) is 11.3 Å². The minimum Gasteiger partial charge on any atom is -0.507 e. The van der Waals surface area contributed by atoms with Crippen molar-refractivity contribution in [2.24, 2.45) is 0 Å². The first-order valence-electron chi connectivity index (χ1n) is 9.27. The molecule has 1 atom stereocenters. The van der Waals surface area contributed by atoms with Crippen LogP contribution in [0.15, 0.2) is 84.4 Å². The SMILES string of the molecule is COc1ccc([C@H]2C(=C(O)c3ccccc3)C(=O)C(=O)N2c2cccc(Cl)c2)cc1. The van der Waals surface area contributed by atoms with Gasteiger partial charge in [-0.3, -0.25) is 14.5 Å². The molecule has 1 fully saturated rings. The number of ketones is 1. The number of halogens is 1. The van der Waals surface area contributed by atoms with Crippen LogP contribution in [-0.2, 0) is 9.59 Å². The molecule has 1 saturated heterocycles. The third kappa shape index (κ3) is 3.44. The number of benzene rings is 3. The van der Waals surface area contributed by atoms with Crippen molar-refractivity contribution in [1.82, 2.24) is 0 Å². The Morgan fingerprint density at radius 3 is 2.30 bits per heavy atom. The zero-order valence-corrected chi connectivity index (χ0v) is 16.8. The van der Waals surface area contributed by atoms with Crippen LogP contribution in [0.1, 0.15) is 17.2 Å². The number of carbonyl (C=O) groups is 2. The Hall–Kier alpha value is -3.57. The zero-order valence-electron chi connectivity index (χ0n) is 16.1. The molecule has 3 aromatic carbocycles. The highest BCUT2D eigenvalue weighted by Crippen LogP contribution is 2.42. The minimum atomic E-state index is -0.811. The van der Waals surface area contributed by atoms with Gasteiger partial charge in [0.25, 0.3) is 11.7 Å². The zero-order chi connectivity index (χ0) is 21.3. The van der Waals surface area contributed by atoms with Crippen molar-refractivity contribution in [2.45, 2.75) is 6.04 Å². The predicted molar refractivity (Wildman–Crippen MR) is 116 cm³/mol. The highest BCUT2D eigenvalue weighted by atomic mass is 35.5. The summed E-state index contributed by atoms with van der Waals surface area (Å²) in [6, 6.07) is 21.6. The number of hydrogen-bond acceptors (Lipinski definition) is 4. The Bertz CT molecular complexity index is 1140. The molecule has 1 heterocycles. The second-order valence-corrected chi connectivity index (χ2v) is 7.22. The Labute approximate surface area is 178 Å². The Kier molecular flexibility index (Phi) is 5.29. The lowest BCUT2D eigenvalue weighted by Crippen LogP contribution is -2.29. The van der Waals surface area contributed by atoms with Crippen LogP contribution in [0.25, 0.3) is 5.76 Å². The molecule has 5 nitrogen and oxygen atoms in total. The molecule has 0 aromatic heterocycles. The number of methoxy groups -OCH3 is 1. The first-order chi connectivity index (χ1) is 14.5. The number of amides is 1. The maximum atomic E-state index is 13.0. The fourth-order valence-corrected chi connectivity index (χ4v) is 3.76. The second-order valence-electron chi connectivity index (χ2n) is 6.79. The number of aliphatic hydroxyl groups excluding tert-OH is 1. The summed E-state index contributed by atoms with van der Waals surface area (Å²) < 4.78 is 5.22. The summed E-state index contributed by atoms with van der Waals surface area (Å²) in [6.07, 6.45) is 0. The third-order valence-corrected chi connectivity index (χ3v) is 5.24. The Morgan fingerprint density at radius 1 is 0.967 bits per heavy atom. The molecule has 1 amide bonds. The van der Waals surface area contributed by atoms with Crippen LogP contribution in [0.5, 0.6) is 5.75 Å². The lowest BCUT2D eigenvalue weighted by atomic mass is 9.95. The van der Waals surface area contributed by atoms with Crippen molar-refractivity contribution in [3.63, 3.8) is 0 Å². The van der Waals surface area contributed by atoms with Gasteiger partial charge in [-0.05, 0) is 35.9 Å². The summed E-state index contributed by atoms with van der Waals surface area (Å²) in [7, 11) is 1.56. The molecule has 3 aromatic rings. The van der Waals surface area contributed by atoms with Gasteiger partial charge in [-0.1, -0.05) is 60.1 Å². The molecule has 1 N–H and O–H groups in total. The Balaban J connectivity index is 1.94. The highest BCUT2D eigenvalue weighted by molar-refractivity contribution is 6.51. The number of anilines is 1. The predicted octanol–water partition coefficient (Wildman–Crippen LogP) is 4.97. The summed E-state index contributed by atoms with van der Waals surface area (Å²) in [6.45, 7) is 0. The molecule has 4 rings (SSSR count). The molecule has 0 spiro atoms. The summed E-state index contributed by atoms with van der Waals surface area (Å²) in [5.74, 6) is -1.06. The van der Waals surface area contributed by atoms with Gasteiger partial charge < -0.3 is 9.84 Å². The van der Waals surface area contributed by atoms with Gasteiger partial charge in [0.05, 0.1) is 18.7 Å². The average Bonchev–Trinajstić information content (AvgIpc) is 3.04. The van der Waals surface area contributed by atoms with Crippen molar-refractivity contribution in [3.8, 4) is 5.75 Å². The van der Waals surface area contributed by atoms with Crippen molar-refractivity contribution >= 4 is 34.7 Å². The molecular formula is C24H18ClNO4. The van der Waals surface area contributed by atoms with E-state index in [9.17, 15) is 14.7 Å². The molecule has 1 aliphatic heterocycles. The van der Waals surface area contributed by atoms with Crippen LogP contribution >= 0.6 is 11.6 Å². The third-order valence-electron chi connectivity index (χ3n) is 5.01. The second kappa shape index (κ2) is 8.05. The van der Waals surface area contributed by atoms with Crippen LogP contribution in [-0.4, -0.2) is 23.9 Å². The molecular weight excluding hydrogens is 402 g/mol. The van der Waals surface area contributed by atoms with E-state index >= 15 is 0 Å². The maximum absolute atomic E-state index is 13.0. The largest absolute Gasteiger partial charge is 0.507 e. The fraction of sp³-hybridized carbons (Fsp3) is 0.0833. The average molecular weight is 420 g/mol. The summed E-state index contributed by atoms with van der Waals surface area (Å²) in [5.41, 5.74) is 1.61. The van der Waals surface area contributed by atoms with Crippen molar-refractivity contribution in [3.05, 3.63) is 101 Å². The van der Waals surface area contributed by atoms with E-state index in [1.807, 2.05) is 6.07 Å². The van der Waals surface area contributed by atoms with Crippen molar-refractivity contribution < 1.29 is 19.4 Å². The number of rotatable bonds is 4. The molecule has 30 heavy (non-hydrogen) atoms. The highest BCUT2D eigenvalue weighted by Gasteiger charge is 2.47. The molecule has 0 saturated carbocycles. The number of Topliss-reactive ketones (excluding diaryl/α,β-unsaturated/α-hetero) is 1. The van der Waals surface area contributed by atoms with Gasteiger partial charge in [-0.25, -0.2) is 0 Å². The first-order valence-corrected chi connectivity index (χ1v) is 9.65. The minimum absolute atomic E-state index is 0.0244. The van der Waals surface area contributed by atoms with E-state index in [0.29, 0.717) is 27.6 Å². The van der Waals surface area contributed by atoms with Gasteiger partial charge in [0.2, 0.25) is 0 Å². The summed E-state index contributed by atoms with van der Waals surface area (Å²) >= 11 is 6.13. The van der Waals surface area contributed by atoms with E-state index in [1.165, 1.54) is 4.90 Å². The fourth-order valence-electron chi connectivity index (χ4n) is 3.58. The molecule has 1 aliphatic rings. The molecule has 0 radical (unpaired) electrons. The number of carbonyl (C=O) groups excluding carboxylic acids is 2. The summed E-state index contributed by atoms with van der Waals surface area (Å²) in [5, 5.41) is 11.4. The van der Waals surface area contributed by atoms with E-state index in [1.54, 1.807) is 79.9 Å². The quantitative estimate of drug-likeness (QED) is 0.368. The summed E-state index contributed by atoms with van der Waals surface area (Å²) in [4.78, 5) is 27.4. The Morgan fingerprint density at radius 2 is 1.67 bits per heavy atom. The van der Waals surface area contributed by atoms with Gasteiger partial charge in [0, 0.05) is 16.3 Å². The van der Waals surface area contributed by atoms with E-state index in [2.05, 4.69) is 0 Å². The molecule has 6 heteroatoms. The maximum Gasteiger partial charge on any atom is 0.300 e. The van der Waals surface area contributed by atoms with Crippen LogP contribution in [0, 0.1) is 0 Å². The smallest absolute Gasteiger partial charge is 0.300 e. The van der Waals surface area contributed by atoms with Crippen LogP contribution in [0.3, 0.4) is 0 Å². The van der Waals surface area contributed by atoms with Gasteiger partial charge in [-0.2, -0.15) is 0 Å². The number of ether oxygens (including phenoxy) is 1. The lowest BCUT2D eigenvalue weighted by Gasteiger charge is -2.25.